The van der Waals surface area contributed by atoms with Gasteiger partial charge in [-0.2, -0.15) is 17.6 Å². The molecule has 0 spiro atoms. The van der Waals surface area contributed by atoms with Crippen molar-refractivity contribution in [3.05, 3.63) is 66.3 Å². The zero-order chi connectivity index (χ0) is 22.9. The molecule has 0 N–H and O–H groups in total. The Morgan fingerprint density at radius 1 is 0.353 bits per heavy atom. The third-order valence-electron chi connectivity index (χ3n) is 6.76. The highest BCUT2D eigenvalue weighted by Crippen LogP contribution is 2.46. The van der Waals surface area contributed by atoms with Crippen LogP contribution in [0, 0.1) is 20.5 Å². The van der Waals surface area contributed by atoms with Crippen LogP contribution in [0.5, 0.6) is 0 Å². The molecule has 0 fully saturated rings. The van der Waals surface area contributed by atoms with Crippen LogP contribution >= 0.6 is 45.3 Å². The minimum Gasteiger partial charge on any atom is -0.194 e. The van der Waals surface area contributed by atoms with Crippen molar-refractivity contribution in [2.75, 3.05) is 0 Å². The van der Waals surface area contributed by atoms with E-state index in [1.54, 1.807) is 21.5 Å². The Labute approximate surface area is 203 Å². The van der Waals surface area contributed by atoms with Crippen LogP contribution < -0.4 is 0 Å². The van der Waals surface area contributed by atoms with Gasteiger partial charge in [-0.3, -0.25) is 0 Å². The molecule has 4 heterocycles. The van der Waals surface area contributed by atoms with E-state index in [4.69, 9.17) is 0 Å². The summed E-state index contributed by atoms with van der Waals surface area (Å²) in [6.07, 6.45) is 0. The van der Waals surface area contributed by atoms with Gasteiger partial charge in [-0.1, -0.05) is 0 Å². The summed E-state index contributed by atoms with van der Waals surface area (Å²) in [5.74, 6) is 0. The van der Waals surface area contributed by atoms with E-state index in [9.17, 15) is 17.6 Å². The molecule has 0 unspecified atom stereocenters. The number of rotatable bonds is 0. The second-order valence-corrected chi connectivity index (χ2v) is 11.7. The van der Waals surface area contributed by atoms with Crippen LogP contribution in [0.1, 0.15) is 0 Å². The minimum absolute atomic E-state index is 0.323. The molecular weight excluding hydrogens is 517 g/mol. The van der Waals surface area contributed by atoms with Gasteiger partial charge >= 0.3 is 0 Å². The first kappa shape index (κ1) is 19.5. The zero-order valence-electron chi connectivity index (χ0n) is 16.8. The lowest BCUT2D eigenvalue weighted by Gasteiger charge is -2.10. The summed E-state index contributed by atoms with van der Waals surface area (Å²) >= 11 is 3.89. The van der Waals surface area contributed by atoms with Gasteiger partial charge in [0, 0.05) is 64.6 Å². The molecule has 0 radical (unpaired) electrons. The predicted octanol–water partition coefficient (Wildman–Crippen LogP) is 10.6. The van der Waals surface area contributed by atoms with E-state index in [-0.39, 0.29) is 0 Å². The third kappa shape index (κ3) is 2.27. The van der Waals surface area contributed by atoms with Crippen molar-refractivity contribution in [3.63, 3.8) is 0 Å². The molecule has 164 valence electrons. The lowest BCUT2D eigenvalue weighted by molar-refractivity contribution is 0.661. The van der Waals surface area contributed by atoms with Crippen molar-refractivity contribution in [1.82, 2.24) is 0 Å². The smallest absolute Gasteiger partial charge is 0.185 e. The lowest BCUT2D eigenvalue weighted by atomic mass is 9.92. The average Bonchev–Trinajstić information content (AvgIpc) is 3.59. The molecule has 4 aromatic carbocycles. The van der Waals surface area contributed by atoms with Crippen LogP contribution in [-0.2, 0) is 0 Å². The first-order chi connectivity index (χ1) is 16.5. The number of thiophene rings is 4. The van der Waals surface area contributed by atoms with Crippen molar-refractivity contribution in [2.45, 2.75) is 0 Å². The Morgan fingerprint density at radius 3 is 0.824 bits per heavy atom. The Hall–Kier alpha value is -2.78. The Balaban J connectivity index is 1.63. The van der Waals surface area contributed by atoms with Crippen LogP contribution in [0.3, 0.4) is 0 Å². The molecule has 0 saturated carbocycles. The Morgan fingerprint density at radius 2 is 0.588 bits per heavy atom. The van der Waals surface area contributed by atoms with Gasteiger partial charge in [-0.05, 0) is 56.6 Å². The molecule has 0 atom stereocenters. The van der Waals surface area contributed by atoms with E-state index in [2.05, 4.69) is 0 Å². The molecule has 4 aromatic heterocycles. The zero-order valence-corrected chi connectivity index (χ0v) is 20.0. The van der Waals surface area contributed by atoms with Crippen LogP contribution in [0.2, 0.25) is 0 Å². The van der Waals surface area contributed by atoms with Gasteiger partial charge in [-0.15, -0.1) is 45.3 Å². The SMILES string of the molecule is Fc1scc2c3cc4cc5c(cc4cc3c3csc(F)c3c12)c1csc(F)c1c1c(F)scc51. The fourth-order valence-electron chi connectivity index (χ4n) is 5.30. The van der Waals surface area contributed by atoms with Gasteiger partial charge in [0.2, 0.25) is 0 Å². The number of benzene rings is 4. The van der Waals surface area contributed by atoms with Gasteiger partial charge in [-0.25, -0.2) is 0 Å². The molecule has 0 bridgehead atoms. The average molecular weight is 525 g/mol. The second-order valence-electron chi connectivity index (χ2n) is 8.34. The largest absolute Gasteiger partial charge is 0.194 e. The maximum atomic E-state index is 14.7. The molecule has 0 saturated heterocycles. The maximum Gasteiger partial charge on any atom is 0.185 e. The molecular formula is C26H8F4S4. The third-order valence-corrected chi connectivity index (χ3v) is 9.82. The molecule has 8 heteroatoms. The van der Waals surface area contributed by atoms with Crippen LogP contribution in [0.15, 0.2) is 45.8 Å². The summed E-state index contributed by atoms with van der Waals surface area (Å²) in [7, 11) is 0. The summed E-state index contributed by atoms with van der Waals surface area (Å²) < 4.78 is 58.8. The van der Waals surface area contributed by atoms with Crippen LogP contribution in [0.25, 0.3) is 75.4 Å². The number of hydrogen-bond donors (Lipinski definition) is 0. The van der Waals surface area contributed by atoms with Crippen molar-refractivity contribution in [3.8, 4) is 0 Å². The van der Waals surface area contributed by atoms with Crippen LogP contribution in [-0.4, -0.2) is 0 Å². The molecule has 0 aliphatic heterocycles. The van der Waals surface area contributed by atoms with E-state index >= 15 is 0 Å². The summed E-state index contributed by atoms with van der Waals surface area (Å²) in [4.78, 5) is 0. The molecule has 0 amide bonds. The predicted molar refractivity (Wildman–Crippen MR) is 140 cm³/mol. The molecule has 0 nitrogen and oxygen atoms in total. The standard InChI is InChI=1S/C26H8F4S4/c27-23-19-15(5-31-23)11-1-9-2-13-14(4-10(9)3-12(11)16-6-32-24(28)20(16)19)18-8-34-26(30)22(18)21-17(13)7-33-25(21)29/h1-8H. The van der Waals surface area contributed by atoms with E-state index in [0.29, 0.717) is 43.1 Å². The van der Waals surface area contributed by atoms with E-state index < -0.39 is 20.5 Å². The quantitative estimate of drug-likeness (QED) is 0.137. The number of fused-ring (bicyclic) bond motifs is 13. The van der Waals surface area contributed by atoms with Crippen molar-refractivity contribution in [2.24, 2.45) is 0 Å². The van der Waals surface area contributed by atoms with Gasteiger partial charge in [0.1, 0.15) is 0 Å². The first-order valence-corrected chi connectivity index (χ1v) is 13.7. The van der Waals surface area contributed by atoms with E-state index in [1.165, 1.54) is 0 Å². The Bertz CT molecular complexity index is 1870. The van der Waals surface area contributed by atoms with Crippen molar-refractivity contribution >= 4 is 121 Å². The fraction of sp³-hybridized carbons (Fsp3) is 0. The van der Waals surface area contributed by atoms with Crippen molar-refractivity contribution < 1.29 is 17.6 Å². The first-order valence-electron chi connectivity index (χ1n) is 10.2. The Kier molecular flexibility index (Phi) is 3.71. The summed E-state index contributed by atoms with van der Waals surface area (Å²) in [5.41, 5.74) is 0. The topological polar surface area (TPSA) is 0 Å². The normalized spacial score (nSPS) is 12.7. The van der Waals surface area contributed by atoms with E-state index in [0.717, 1.165) is 77.7 Å². The van der Waals surface area contributed by atoms with Gasteiger partial charge in [0.05, 0.1) is 0 Å². The highest BCUT2D eigenvalue weighted by Gasteiger charge is 2.21. The molecule has 0 aliphatic carbocycles. The van der Waals surface area contributed by atoms with Crippen LogP contribution in [0.4, 0.5) is 17.6 Å². The molecule has 8 aromatic rings. The lowest BCUT2D eigenvalue weighted by Crippen LogP contribution is -1.84. The molecule has 8 rings (SSSR count). The minimum atomic E-state index is -0.393. The summed E-state index contributed by atoms with van der Waals surface area (Å²) in [5, 5.41) is 14.6. The van der Waals surface area contributed by atoms with Gasteiger partial charge in [0.15, 0.2) is 20.5 Å². The number of hydrogen-bond acceptors (Lipinski definition) is 4. The van der Waals surface area contributed by atoms with Gasteiger partial charge < -0.3 is 0 Å². The molecule has 0 aliphatic rings. The van der Waals surface area contributed by atoms with E-state index in [1.807, 2.05) is 24.3 Å². The highest BCUT2D eigenvalue weighted by molar-refractivity contribution is 7.12. The monoisotopic (exact) mass is 524 g/mol. The highest BCUT2D eigenvalue weighted by atomic mass is 32.1. The van der Waals surface area contributed by atoms with Gasteiger partial charge in [0.25, 0.3) is 0 Å². The maximum absolute atomic E-state index is 14.7. The molecule has 34 heavy (non-hydrogen) atoms. The second kappa shape index (κ2) is 6.46. The van der Waals surface area contributed by atoms with Crippen molar-refractivity contribution in [1.29, 1.82) is 0 Å². The number of halogens is 4. The summed E-state index contributed by atoms with van der Waals surface area (Å²) in [6.45, 7) is 0. The fourth-order valence-corrected chi connectivity index (χ4v) is 8.49. The summed E-state index contributed by atoms with van der Waals surface area (Å²) in [6, 6.07) is 8.00.